The predicted octanol–water partition coefficient (Wildman–Crippen LogP) is 4.26. The third-order valence-corrected chi connectivity index (χ3v) is 7.85. The standard InChI is InChI=1S/C23H25ClN4O3S/c1-17-6-5-12-28(15-17)32(30,31)21-14-19(9-10-20(21)24)23(29)25-22-11-13-27(26-22)16-18-7-3-2-4-8-18/h2-4,7-11,13-14,17H,5-6,12,15-16H2,1H3,(H,25,26,29). The van der Waals surface area contributed by atoms with E-state index in [0.717, 1.165) is 18.4 Å². The molecule has 3 aromatic rings. The van der Waals surface area contributed by atoms with Gasteiger partial charge in [-0.25, -0.2) is 8.42 Å². The molecule has 1 unspecified atom stereocenters. The molecule has 1 N–H and O–H groups in total. The number of hydrogen-bond donors (Lipinski definition) is 1. The summed E-state index contributed by atoms with van der Waals surface area (Å²) in [5, 5.41) is 7.20. The van der Waals surface area contributed by atoms with Crippen molar-refractivity contribution in [3.63, 3.8) is 0 Å². The summed E-state index contributed by atoms with van der Waals surface area (Å²) in [5.74, 6) is 0.222. The highest BCUT2D eigenvalue weighted by Gasteiger charge is 2.31. The Morgan fingerprint density at radius 1 is 1.19 bits per heavy atom. The molecule has 7 nitrogen and oxygen atoms in total. The van der Waals surface area contributed by atoms with Crippen molar-refractivity contribution < 1.29 is 13.2 Å². The second kappa shape index (κ2) is 9.44. The Bertz CT molecular complexity index is 1210. The van der Waals surface area contributed by atoms with Crippen LogP contribution >= 0.6 is 11.6 Å². The van der Waals surface area contributed by atoms with Crippen molar-refractivity contribution in [2.24, 2.45) is 5.92 Å². The first-order valence-corrected chi connectivity index (χ1v) is 12.3. The van der Waals surface area contributed by atoms with Crippen LogP contribution in [0.4, 0.5) is 5.82 Å². The maximum atomic E-state index is 13.2. The lowest BCUT2D eigenvalue weighted by atomic mass is 10.0. The zero-order chi connectivity index (χ0) is 22.7. The molecule has 0 spiro atoms. The van der Waals surface area contributed by atoms with Gasteiger partial charge in [0.05, 0.1) is 11.6 Å². The van der Waals surface area contributed by atoms with Crippen molar-refractivity contribution in [1.29, 1.82) is 0 Å². The van der Waals surface area contributed by atoms with Crippen molar-refractivity contribution >= 4 is 33.3 Å². The van der Waals surface area contributed by atoms with Gasteiger partial charge in [0, 0.05) is 30.9 Å². The van der Waals surface area contributed by atoms with Crippen molar-refractivity contribution in [1.82, 2.24) is 14.1 Å². The zero-order valence-electron chi connectivity index (χ0n) is 17.7. The van der Waals surface area contributed by atoms with E-state index in [2.05, 4.69) is 10.4 Å². The average molecular weight is 473 g/mol. The van der Waals surface area contributed by atoms with Crippen molar-refractivity contribution in [2.45, 2.75) is 31.2 Å². The Kier molecular flexibility index (Phi) is 6.64. The number of anilines is 1. The molecule has 1 aromatic heterocycles. The van der Waals surface area contributed by atoms with Crippen LogP contribution in [0, 0.1) is 5.92 Å². The molecule has 9 heteroatoms. The van der Waals surface area contributed by atoms with Gasteiger partial charge in [0.2, 0.25) is 10.0 Å². The number of carbonyl (C=O) groups excluding carboxylic acids is 1. The number of rotatable bonds is 6. The number of piperidine rings is 1. The fourth-order valence-electron chi connectivity index (χ4n) is 3.82. The van der Waals surface area contributed by atoms with Crippen LogP contribution in [-0.2, 0) is 16.6 Å². The fraction of sp³-hybridized carbons (Fsp3) is 0.304. The SMILES string of the molecule is CC1CCCN(S(=O)(=O)c2cc(C(=O)Nc3ccn(Cc4ccccc4)n3)ccc2Cl)C1. The number of halogens is 1. The van der Waals surface area contributed by atoms with E-state index >= 15 is 0 Å². The van der Waals surface area contributed by atoms with E-state index in [1.165, 1.54) is 22.5 Å². The van der Waals surface area contributed by atoms with E-state index in [9.17, 15) is 13.2 Å². The molecule has 1 atom stereocenters. The highest BCUT2D eigenvalue weighted by Crippen LogP contribution is 2.29. The summed E-state index contributed by atoms with van der Waals surface area (Å²) in [7, 11) is -3.78. The van der Waals surface area contributed by atoms with Gasteiger partial charge in [-0.05, 0) is 42.5 Å². The lowest BCUT2D eigenvalue weighted by molar-refractivity contribution is 0.102. The molecule has 0 bridgehead atoms. The molecule has 1 aliphatic heterocycles. The molecule has 0 aliphatic carbocycles. The highest BCUT2D eigenvalue weighted by atomic mass is 35.5. The minimum absolute atomic E-state index is 0.0458. The molecule has 1 amide bonds. The minimum atomic E-state index is -3.78. The topological polar surface area (TPSA) is 84.3 Å². The van der Waals surface area contributed by atoms with Gasteiger partial charge in [0.25, 0.3) is 5.91 Å². The fourth-order valence-corrected chi connectivity index (χ4v) is 5.92. The number of nitrogens with zero attached hydrogens (tertiary/aromatic N) is 3. The summed E-state index contributed by atoms with van der Waals surface area (Å²) in [4.78, 5) is 12.7. The lowest BCUT2D eigenvalue weighted by Crippen LogP contribution is -2.39. The Hall–Kier alpha value is -2.68. The van der Waals surface area contributed by atoms with Crippen LogP contribution in [0.2, 0.25) is 5.02 Å². The largest absolute Gasteiger partial charge is 0.305 e. The van der Waals surface area contributed by atoms with E-state index in [0.29, 0.717) is 25.5 Å². The molecule has 2 heterocycles. The number of benzene rings is 2. The van der Waals surface area contributed by atoms with E-state index in [-0.39, 0.29) is 21.4 Å². The maximum Gasteiger partial charge on any atom is 0.256 e. The summed E-state index contributed by atoms with van der Waals surface area (Å²) in [6.07, 6.45) is 3.58. The Labute approximate surface area is 193 Å². The summed E-state index contributed by atoms with van der Waals surface area (Å²) in [6.45, 7) is 3.52. The zero-order valence-corrected chi connectivity index (χ0v) is 19.3. The monoisotopic (exact) mass is 472 g/mol. The first-order valence-electron chi connectivity index (χ1n) is 10.5. The molecule has 168 valence electrons. The van der Waals surface area contributed by atoms with Crippen LogP contribution in [0.15, 0.2) is 65.7 Å². The summed E-state index contributed by atoms with van der Waals surface area (Å²) in [5.41, 5.74) is 1.30. The van der Waals surface area contributed by atoms with Gasteiger partial charge in [-0.15, -0.1) is 0 Å². The van der Waals surface area contributed by atoms with Crippen molar-refractivity contribution in [3.8, 4) is 0 Å². The van der Waals surface area contributed by atoms with Crippen molar-refractivity contribution in [2.75, 3.05) is 18.4 Å². The number of aromatic nitrogens is 2. The molecule has 1 saturated heterocycles. The Balaban J connectivity index is 1.50. The molecule has 2 aromatic carbocycles. The molecule has 1 fully saturated rings. The average Bonchev–Trinajstić information content (AvgIpc) is 3.21. The van der Waals surface area contributed by atoms with E-state index in [1.807, 2.05) is 37.3 Å². The van der Waals surface area contributed by atoms with Crippen LogP contribution in [0.1, 0.15) is 35.7 Å². The first kappa shape index (κ1) is 22.5. The number of hydrogen-bond acceptors (Lipinski definition) is 4. The first-order chi connectivity index (χ1) is 15.3. The predicted molar refractivity (Wildman–Crippen MR) is 124 cm³/mol. The van der Waals surface area contributed by atoms with Gasteiger partial charge < -0.3 is 5.32 Å². The third kappa shape index (κ3) is 5.03. The molecule has 32 heavy (non-hydrogen) atoms. The van der Waals surface area contributed by atoms with Crippen LogP contribution in [-0.4, -0.2) is 41.5 Å². The number of nitrogens with one attached hydrogen (secondary N) is 1. The highest BCUT2D eigenvalue weighted by molar-refractivity contribution is 7.89. The van der Waals surface area contributed by atoms with Crippen LogP contribution in [0.5, 0.6) is 0 Å². The number of carbonyl (C=O) groups is 1. The number of amides is 1. The Morgan fingerprint density at radius 2 is 1.97 bits per heavy atom. The van der Waals surface area contributed by atoms with Crippen LogP contribution < -0.4 is 5.32 Å². The summed E-state index contributed by atoms with van der Waals surface area (Å²) < 4.78 is 29.5. The number of sulfonamides is 1. The van der Waals surface area contributed by atoms with E-state index in [4.69, 9.17) is 11.6 Å². The molecule has 0 radical (unpaired) electrons. The second-order valence-electron chi connectivity index (χ2n) is 8.09. The second-order valence-corrected chi connectivity index (χ2v) is 10.4. The quantitative estimate of drug-likeness (QED) is 0.581. The van der Waals surface area contributed by atoms with Gasteiger partial charge in [-0.1, -0.05) is 48.9 Å². The normalized spacial score (nSPS) is 17.2. The molecular formula is C23H25ClN4O3S. The van der Waals surface area contributed by atoms with Crippen molar-refractivity contribution in [3.05, 3.63) is 76.9 Å². The van der Waals surface area contributed by atoms with Gasteiger partial charge in [-0.2, -0.15) is 9.40 Å². The smallest absolute Gasteiger partial charge is 0.256 e. The maximum absolute atomic E-state index is 13.2. The lowest BCUT2D eigenvalue weighted by Gasteiger charge is -2.30. The molecular weight excluding hydrogens is 448 g/mol. The van der Waals surface area contributed by atoms with E-state index < -0.39 is 15.9 Å². The molecule has 0 saturated carbocycles. The van der Waals surface area contributed by atoms with Gasteiger partial charge in [0.1, 0.15) is 4.90 Å². The van der Waals surface area contributed by atoms with Gasteiger partial charge in [0.15, 0.2) is 5.82 Å². The van der Waals surface area contributed by atoms with Gasteiger partial charge >= 0.3 is 0 Å². The summed E-state index contributed by atoms with van der Waals surface area (Å²) >= 11 is 6.23. The van der Waals surface area contributed by atoms with Gasteiger partial charge in [-0.3, -0.25) is 9.48 Å². The molecule has 4 rings (SSSR count). The minimum Gasteiger partial charge on any atom is -0.305 e. The third-order valence-electron chi connectivity index (χ3n) is 5.50. The van der Waals surface area contributed by atoms with Crippen LogP contribution in [0.3, 0.4) is 0 Å². The van der Waals surface area contributed by atoms with E-state index in [1.54, 1.807) is 16.9 Å². The molecule has 1 aliphatic rings. The Morgan fingerprint density at radius 3 is 2.72 bits per heavy atom. The van der Waals surface area contributed by atoms with Crippen LogP contribution in [0.25, 0.3) is 0 Å². The summed E-state index contributed by atoms with van der Waals surface area (Å²) in [6, 6.07) is 15.9.